The summed E-state index contributed by atoms with van der Waals surface area (Å²) in [4.78, 5) is 11.8. The summed E-state index contributed by atoms with van der Waals surface area (Å²) >= 11 is 0. The van der Waals surface area contributed by atoms with E-state index in [1.54, 1.807) is 6.07 Å². The van der Waals surface area contributed by atoms with E-state index < -0.39 is 16.4 Å². The van der Waals surface area contributed by atoms with Crippen LogP contribution in [0.4, 0.5) is 10.1 Å². The summed E-state index contributed by atoms with van der Waals surface area (Å²) in [6, 6.07) is 6.04. The van der Waals surface area contributed by atoms with E-state index in [2.05, 4.69) is 6.07 Å². The second-order valence-electron chi connectivity index (χ2n) is 4.40. The number of rotatable bonds is 6. The zero-order chi connectivity index (χ0) is 14.4. The third-order valence-corrected chi connectivity index (χ3v) is 2.81. The van der Waals surface area contributed by atoms with Crippen molar-refractivity contribution in [2.45, 2.75) is 20.4 Å². The summed E-state index contributed by atoms with van der Waals surface area (Å²) in [5.41, 5.74) is 0.146. The van der Waals surface area contributed by atoms with E-state index >= 15 is 0 Å². The van der Waals surface area contributed by atoms with Gasteiger partial charge in [-0.05, 0) is 25.1 Å². The molecule has 0 fully saturated rings. The summed E-state index contributed by atoms with van der Waals surface area (Å²) in [6.45, 7) is 5.55. The normalized spacial score (nSPS) is 12.2. The molecule has 5 nitrogen and oxygen atoms in total. The van der Waals surface area contributed by atoms with Crippen LogP contribution in [0, 0.1) is 33.2 Å². The van der Waals surface area contributed by atoms with Gasteiger partial charge in [0.15, 0.2) is 0 Å². The smallest absolute Gasteiger partial charge is 0.298 e. The molecule has 0 saturated heterocycles. The zero-order valence-electron chi connectivity index (χ0n) is 11.0. The number of nitro groups is 1. The number of nitriles is 1. The minimum Gasteiger partial charge on any atom is -0.298 e. The average molecular weight is 265 g/mol. The molecule has 1 atom stereocenters. The third-order valence-electron chi connectivity index (χ3n) is 2.81. The molecule has 1 unspecified atom stereocenters. The molecule has 0 amide bonds. The Bertz CT molecular complexity index is 499. The van der Waals surface area contributed by atoms with Gasteiger partial charge >= 0.3 is 5.69 Å². The monoisotopic (exact) mass is 265 g/mol. The number of hydrogen-bond donors (Lipinski definition) is 0. The Kier molecular flexibility index (Phi) is 5.39. The van der Waals surface area contributed by atoms with Crippen LogP contribution < -0.4 is 0 Å². The van der Waals surface area contributed by atoms with Crippen LogP contribution in [0.25, 0.3) is 0 Å². The number of nitro benzene ring substituents is 1. The topological polar surface area (TPSA) is 70.2 Å². The molecule has 0 bridgehead atoms. The van der Waals surface area contributed by atoms with Gasteiger partial charge in [0.25, 0.3) is 0 Å². The highest BCUT2D eigenvalue weighted by molar-refractivity contribution is 5.34. The van der Waals surface area contributed by atoms with Crippen LogP contribution in [0.15, 0.2) is 18.2 Å². The maximum atomic E-state index is 13.5. The summed E-state index contributed by atoms with van der Waals surface area (Å²) in [5, 5.41) is 19.3. The van der Waals surface area contributed by atoms with Crippen molar-refractivity contribution in [1.82, 2.24) is 4.90 Å². The van der Waals surface area contributed by atoms with E-state index in [9.17, 15) is 14.5 Å². The Morgan fingerprint density at radius 2 is 2.26 bits per heavy atom. The van der Waals surface area contributed by atoms with E-state index in [-0.39, 0.29) is 5.92 Å². The number of hydrogen-bond acceptors (Lipinski definition) is 4. The first-order valence-electron chi connectivity index (χ1n) is 6.02. The molecule has 6 heteroatoms. The van der Waals surface area contributed by atoms with Crippen LogP contribution in [0.5, 0.6) is 0 Å². The van der Waals surface area contributed by atoms with E-state index in [0.717, 1.165) is 6.54 Å². The predicted molar refractivity (Wildman–Crippen MR) is 68.8 cm³/mol. The lowest BCUT2D eigenvalue weighted by atomic mass is 10.1. The lowest BCUT2D eigenvalue weighted by Crippen LogP contribution is -2.27. The third kappa shape index (κ3) is 4.30. The van der Waals surface area contributed by atoms with Gasteiger partial charge in [-0.15, -0.1) is 0 Å². The van der Waals surface area contributed by atoms with Gasteiger partial charge in [0.05, 0.1) is 16.9 Å². The molecule has 102 valence electrons. The Balaban J connectivity index is 2.79. The van der Waals surface area contributed by atoms with E-state index in [0.29, 0.717) is 18.7 Å². The molecule has 0 radical (unpaired) electrons. The molecule has 1 rings (SSSR count). The van der Waals surface area contributed by atoms with Crippen LogP contribution in [0.3, 0.4) is 0 Å². The van der Waals surface area contributed by atoms with Crippen LogP contribution >= 0.6 is 0 Å². The minimum atomic E-state index is -0.827. The number of nitrogens with zero attached hydrogens (tertiary/aromatic N) is 3. The van der Waals surface area contributed by atoms with Gasteiger partial charge in [0.1, 0.15) is 0 Å². The Hall–Kier alpha value is -2.00. The predicted octanol–water partition coefficient (Wildman–Crippen LogP) is 2.72. The second-order valence-corrected chi connectivity index (χ2v) is 4.40. The van der Waals surface area contributed by atoms with Crippen molar-refractivity contribution < 1.29 is 9.31 Å². The number of halogens is 1. The molecular weight excluding hydrogens is 249 g/mol. The Morgan fingerprint density at radius 1 is 1.58 bits per heavy atom. The van der Waals surface area contributed by atoms with E-state index in [1.165, 1.54) is 12.1 Å². The quantitative estimate of drug-likeness (QED) is 0.585. The van der Waals surface area contributed by atoms with Crippen molar-refractivity contribution in [3.63, 3.8) is 0 Å². The minimum absolute atomic E-state index is 0.108. The van der Waals surface area contributed by atoms with Crippen molar-refractivity contribution in [1.29, 1.82) is 5.26 Å². The Morgan fingerprint density at radius 3 is 2.74 bits per heavy atom. The summed E-state index contributed by atoms with van der Waals surface area (Å²) < 4.78 is 13.5. The van der Waals surface area contributed by atoms with Crippen molar-refractivity contribution in [3.05, 3.63) is 39.7 Å². The fourth-order valence-corrected chi connectivity index (χ4v) is 1.79. The first-order valence-corrected chi connectivity index (χ1v) is 6.02. The van der Waals surface area contributed by atoms with Gasteiger partial charge in [-0.25, -0.2) is 0 Å². The highest BCUT2D eigenvalue weighted by Gasteiger charge is 2.15. The average Bonchev–Trinajstić information content (AvgIpc) is 2.37. The highest BCUT2D eigenvalue weighted by Crippen LogP contribution is 2.19. The van der Waals surface area contributed by atoms with E-state index in [4.69, 9.17) is 5.26 Å². The van der Waals surface area contributed by atoms with Gasteiger partial charge in [0, 0.05) is 19.2 Å². The zero-order valence-corrected chi connectivity index (χ0v) is 11.0. The van der Waals surface area contributed by atoms with Crippen molar-refractivity contribution in [3.8, 4) is 6.07 Å². The number of benzene rings is 1. The molecule has 0 heterocycles. The molecule has 0 aliphatic rings. The summed E-state index contributed by atoms with van der Waals surface area (Å²) in [7, 11) is 0. The lowest BCUT2D eigenvalue weighted by molar-refractivity contribution is -0.387. The van der Waals surface area contributed by atoms with Gasteiger partial charge in [-0.3, -0.25) is 15.0 Å². The lowest BCUT2D eigenvalue weighted by Gasteiger charge is -2.21. The molecule has 19 heavy (non-hydrogen) atoms. The highest BCUT2D eigenvalue weighted by atomic mass is 19.1. The molecule has 0 aliphatic carbocycles. The van der Waals surface area contributed by atoms with Gasteiger partial charge < -0.3 is 0 Å². The maximum Gasteiger partial charge on any atom is 0.304 e. The van der Waals surface area contributed by atoms with Crippen molar-refractivity contribution in [2.75, 3.05) is 13.1 Å². The summed E-state index contributed by atoms with van der Waals surface area (Å²) in [6.07, 6.45) is 0. The molecule has 1 aromatic rings. The van der Waals surface area contributed by atoms with Crippen molar-refractivity contribution >= 4 is 5.69 Å². The molecule has 0 N–H and O–H groups in total. The molecule has 0 saturated carbocycles. The van der Waals surface area contributed by atoms with Gasteiger partial charge in [-0.1, -0.05) is 13.0 Å². The van der Waals surface area contributed by atoms with Gasteiger partial charge in [-0.2, -0.15) is 9.65 Å². The fraction of sp³-hybridized carbons (Fsp3) is 0.462. The SMILES string of the molecule is CCN(Cc1ccc([N+](=O)[O-])c(F)c1)CC(C)C#N. The molecule has 0 aliphatic heterocycles. The van der Waals surface area contributed by atoms with Crippen LogP contribution in [-0.2, 0) is 6.54 Å². The second kappa shape index (κ2) is 6.81. The van der Waals surface area contributed by atoms with Crippen LogP contribution in [0.2, 0.25) is 0 Å². The van der Waals surface area contributed by atoms with Crippen LogP contribution in [0.1, 0.15) is 19.4 Å². The standard InChI is InChI=1S/C13H16FN3O2/c1-3-16(8-10(2)7-15)9-11-4-5-13(17(18)19)12(14)6-11/h4-6,10H,3,8-9H2,1-2H3. The molecule has 0 spiro atoms. The fourth-order valence-electron chi connectivity index (χ4n) is 1.79. The van der Waals surface area contributed by atoms with Gasteiger partial charge in [0.2, 0.25) is 5.82 Å². The maximum absolute atomic E-state index is 13.5. The largest absolute Gasteiger partial charge is 0.304 e. The van der Waals surface area contributed by atoms with E-state index in [1.807, 2.05) is 18.7 Å². The summed E-state index contributed by atoms with van der Waals surface area (Å²) in [5.74, 6) is -0.935. The first kappa shape index (κ1) is 15.1. The molecule has 1 aromatic carbocycles. The molecule has 0 aromatic heterocycles. The first-order chi connectivity index (χ1) is 8.97. The molecular formula is C13H16FN3O2. The van der Waals surface area contributed by atoms with Crippen LogP contribution in [-0.4, -0.2) is 22.9 Å². The van der Waals surface area contributed by atoms with Crippen molar-refractivity contribution in [2.24, 2.45) is 5.92 Å². The Labute approximate surface area is 111 Å².